The summed E-state index contributed by atoms with van der Waals surface area (Å²) in [6, 6.07) is 4.21. The van der Waals surface area contributed by atoms with Crippen LogP contribution in [0.2, 0.25) is 0 Å². The number of sulfonamides is 1. The van der Waals surface area contributed by atoms with Gasteiger partial charge in [-0.05, 0) is 6.42 Å². The van der Waals surface area contributed by atoms with Crippen molar-refractivity contribution in [2.75, 3.05) is 27.3 Å². The molecule has 0 aliphatic carbocycles. The summed E-state index contributed by atoms with van der Waals surface area (Å²) in [5, 5.41) is 8.87. The lowest BCUT2D eigenvalue weighted by Gasteiger charge is -2.20. The molecule has 0 aliphatic heterocycles. The van der Waals surface area contributed by atoms with Gasteiger partial charge in [0.15, 0.2) is 0 Å². The van der Waals surface area contributed by atoms with Crippen molar-refractivity contribution in [2.45, 2.75) is 18.2 Å². The Bertz CT molecular complexity index is 576. The van der Waals surface area contributed by atoms with Gasteiger partial charge in [0.2, 0.25) is 10.0 Å². The first-order chi connectivity index (χ1) is 9.84. The summed E-state index contributed by atoms with van der Waals surface area (Å²) in [4.78, 5) is 10.8. The zero-order valence-electron chi connectivity index (χ0n) is 12.2. The van der Waals surface area contributed by atoms with Crippen molar-refractivity contribution in [3.05, 3.63) is 18.2 Å². The fraction of sp³-hybridized carbons (Fsp3) is 0.462. The number of benzene rings is 1. The van der Waals surface area contributed by atoms with Crippen LogP contribution in [0.5, 0.6) is 11.5 Å². The van der Waals surface area contributed by atoms with E-state index < -0.39 is 22.5 Å². The van der Waals surface area contributed by atoms with Gasteiger partial charge in [-0.15, -0.1) is 0 Å². The molecule has 7 nitrogen and oxygen atoms in total. The molecule has 0 aromatic heterocycles. The Morgan fingerprint density at radius 2 is 1.71 bits per heavy atom. The van der Waals surface area contributed by atoms with Crippen molar-refractivity contribution >= 4 is 16.0 Å². The molecular formula is C13H19NO6S. The normalized spacial score (nSPS) is 11.4. The molecule has 0 amide bonds. The second-order valence-electron chi connectivity index (χ2n) is 4.28. The van der Waals surface area contributed by atoms with Gasteiger partial charge in [-0.25, -0.2) is 8.42 Å². The van der Waals surface area contributed by atoms with Crippen molar-refractivity contribution < 1.29 is 27.8 Å². The summed E-state index contributed by atoms with van der Waals surface area (Å²) in [6.07, 6.45) is 0.508. The molecule has 1 N–H and O–H groups in total. The van der Waals surface area contributed by atoms with Crippen LogP contribution in [-0.2, 0) is 14.8 Å². The number of carboxylic acid groups (broad SMARTS) is 1. The Kier molecular flexibility index (Phi) is 5.98. The Morgan fingerprint density at radius 1 is 1.19 bits per heavy atom. The van der Waals surface area contributed by atoms with Gasteiger partial charge < -0.3 is 14.6 Å². The van der Waals surface area contributed by atoms with E-state index in [1.807, 2.05) is 0 Å². The van der Waals surface area contributed by atoms with Gasteiger partial charge in [-0.2, -0.15) is 4.31 Å². The van der Waals surface area contributed by atoms with Crippen LogP contribution < -0.4 is 9.47 Å². The smallest absolute Gasteiger partial charge is 0.318 e. The van der Waals surface area contributed by atoms with Gasteiger partial charge in [0.05, 0.1) is 19.1 Å². The molecule has 0 fully saturated rings. The summed E-state index contributed by atoms with van der Waals surface area (Å²) < 4.78 is 36.1. The van der Waals surface area contributed by atoms with Gasteiger partial charge in [0.1, 0.15) is 18.0 Å². The summed E-state index contributed by atoms with van der Waals surface area (Å²) >= 11 is 0. The Hall–Kier alpha value is -1.80. The molecule has 8 heteroatoms. The molecule has 0 unspecified atom stereocenters. The predicted octanol–water partition coefficient (Wildman–Crippen LogP) is 1.19. The van der Waals surface area contributed by atoms with E-state index in [-0.39, 0.29) is 11.4 Å². The minimum Gasteiger partial charge on any atom is -0.497 e. The predicted molar refractivity (Wildman–Crippen MR) is 76.2 cm³/mol. The van der Waals surface area contributed by atoms with Crippen molar-refractivity contribution in [1.29, 1.82) is 0 Å². The molecule has 0 saturated carbocycles. The number of carbonyl (C=O) groups is 1. The first kappa shape index (κ1) is 17.3. The fourth-order valence-corrected chi connectivity index (χ4v) is 3.30. The Morgan fingerprint density at radius 3 is 2.10 bits per heavy atom. The molecule has 1 rings (SSSR count). The highest BCUT2D eigenvalue weighted by molar-refractivity contribution is 7.89. The molecule has 1 aromatic rings. The maximum Gasteiger partial charge on any atom is 0.318 e. The lowest BCUT2D eigenvalue weighted by atomic mass is 10.3. The lowest BCUT2D eigenvalue weighted by Crippen LogP contribution is -2.36. The van der Waals surface area contributed by atoms with E-state index >= 15 is 0 Å². The molecule has 0 atom stereocenters. The molecule has 0 spiro atoms. The molecule has 21 heavy (non-hydrogen) atoms. The number of hydrogen-bond acceptors (Lipinski definition) is 5. The van der Waals surface area contributed by atoms with Crippen LogP contribution in [0.3, 0.4) is 0 Å². The zero-order valence-corrected chi connectivity index (χ0v) is 13.0. The lowest BCUT2D eigenvalue weighted by molar-refractivity contribution is -0.137. The number of methoxy groups -OCH3 is 2. The van der Waals surface area contributed by atoms with Crippen molar-refractivity contribution in [2.24, 2.45) is 0 Å². The van der Waals surface area contributed by atoms with Crippen LogP contribution in [0.15, 0.2) is 23.1 Å². The van der Waals surface area contributed by atoms with E-state index in [4.69, 9.17) is 14.6 Å². The maximum atomic E-state index is 12.5. The van der Waals surface area contributed by atoms with Crippen LogP contribution >= 0.6 is 0 Å². The average molecular weight is 317 g/mol. The highest BCUT2D eigenvalue weighted by Gasteiger charge is 2.27. The monoisotopic (exact) mass is 317 g/mol. The number of aliphatic carboxylic acids is 1. The number of nitrogens with zero attached hydrogens (tertiary/aromatic N) is 1. The van der Waals surface area contributed by atoms with Crippen molar-refractivity contribution in [3.8, 4) is 11.5 Å². The van der Waals surface area contributed by atoms with Gasteiger partial charge in [-0.3, -0.25) is 4.79 Å². The van der Waals surface area contributed by atoms with Gasteiger partial charge >= 0.3 is 5.97 Å². The fourth-order valence-electron chi connectivity index (χ4n) is 1.76. The summed E-state index contributed by atoms with van der Waals surface area (Å²) in [6.45, 7) is 1.31. The van der Waals surface area contributed by atoms with E-state index in [0.717, 1.165) is 4.31 Å². The van der Waals surface area contributed by atoms with Crippen LogP contribution in [0.4, 0.5) is 0 Å². The topological polar surface area (TPSA) is 93.1 Å². The SMILES string of the molecule is CCCN(CC(=O)O)S(=O)(=O)c1cc(OC)cc(OC)c1. The third-order valence-corrected chi connectivity index (χ3v) is 4.57. The molecule has 0 aliphatic rings. The third-order valence-electron chi connectivity index (χ3n) is 2.75. The quantitative estimate of drug-likeness (QED) is 0.774. The molecule has 0 saturated heterocycles. The second-order valence-corrected chi connectivity index (χ2v) is 6.22. The first-order valence-corrected chi connectivity index (χ1v) is 7.74. The van der Waals surface area contributed by atoms with Crippen molar-refractivity contribution in [3.63, 3.8) is 0 Å². The van der Waals surface area contributed by atoms with Gasteiger partial charge in [0, 0.05) is 24.7 Å². The third kappa shape index (κ3) is 4.33. The van der Waals surface area contributed by atoms with Crippen LogP contribution in [0, 0.1) is 0 Å². The summed E-state index contributed by atoms with van der Waals surface area (Å²) in [5.74, 6) is -0.568. The van der Waals surface area contributed by atoms with E-state index in [0.29, 0.717) is 17.9 Å². The molecule has 0 heterocycles. The molecule has 0 bridgehead atoms. The number of ether oxygens (including phenoxy) is 2. The van der Waals surface area contributed by atoms with E-state index in [9.17, 15) is 13.2 Å². The molecule has 118 valence electrons. The molecule has 1 aromatic carbocycles. The van der Waals surface area contributed by atoms with Gasteiger partial charge in [-0.1, -0.05) is 6.92 Å². The number of rotatable bonds is 8. The van der Waals surface area contributed by atoms with Gasteiger partial charge in [0.25, 0.3) is 0 Å². The van der Waals surface area contributed by atoms with Crippen molar-refractivity contribution in [1.82, 2.24) is 4.31 Å². The minimum absolute atomic E-state index is 0.0617. The molecular weight excluding hydrogens is 298 g/mol. The number of hydrogen-bond donors (Lipinski definition) is 1. The largest absolute Gasteiger partial charge is 0.497 e. The maximum absolute atomic E-state index is 12.5. The number of carboxylic acids is 1. The standard InChI is InChI=1S/C13H19NO6S/c1-4-5-14(9-13(15)16)21(17,18)12-7-10(19-2)6-11(8-12)20-3/h6-8H,4-5,9H2,1-3H3,(H,15,16). The minimum atomic E-state index is -3.93. The zero-order chi connectivity index (χ0) is 16.0. The van der Waals surface area contributed by atoms with Crippen LogP contribution in [0.1, 0.15) is 13.3 Å². The Balaban J connectivity index is 3.29. The van der Waals surface area contributed by atoms with Crippen LogP contribution in [0.25, 0.3) is 0 Å². The van der Waals surface area contributed by atoms with E-state index in [2.05, 4.69) is 0 Å². The highest BCUT2D eigenvalue weighted by Crippen LogP contribution is 2.27. The van der Waals surface area contributed by atoms with E-state index in [1.54, 1.807) is 13.0 Å². The Labute approximate surface area is 124 Å². The van der Waals surface area contributed by atoms with E-state index in [1.165, 1.54) is 26.4 Å². The first-order valence-electron chi connectivity index (χ1n) is 6.30. The average Bonchev–Trinajstić information content (AvgIpc) is 2.45. The highest BCUT2D eigenvalue weighted by atomic mass is 32.2. The second kappa shape index (κ2) is 7.28. The summed E-state index contributed by atoms with van der Waals surface area (Å²) in [5.41, 5.74) is 0. The molecule has 0 radical (unpaired) electrons. The van der Waals surface area contributed by atoms with Crippen LogP contribution in [-0.4, -0.2) is 51.1 Å². The summed E-state index contributed by atoms with van der Waals surface area (Å²) in [7, 11) is -1.11.